The number of hydrogen-bond donors (Lipinski definition) is 4. The third-order valence-electron chi connectivity index (χ3n) is 5.37. The first-order chi connectivity index (χ1) is 15.5. The topological polar surface area (TPSA) is 99.3 Å². The van der Waals surface area contributed by atoms with Crippen molar-refractivity contribution in [2.45, 2.75) is 45.1 Å². The third-order valence-corrected chi connectivity index (χ3v) is 5.70. The van der Waals surface area contributed by atoms with Crippen LogP contribution in [0.2, 0.25) is 5.02 Å². The van der Waals surface area contributed by atoms with Crippen molar-refractivity contribution in [1.82, 2.24) is 10.6 Å². The third kappa shape index (κ3) is 6.72. The molecule has 0 radical (unpaired) electrons. The van der Waals surface area contributed by atoms with Gasteiger partial charge in [0.2, 0.25) is 5.91 Å². The number of carbonyl (C=O) groups excluding carboxylic acids is 3. The van der Waals surface area contributed by atoms with Crippen LogP contribution in [0, 0.1) is 0 Å². The smallest absolute Gasteiger partial charge is 0.253 e. The lowest BCUT2D eigenvalue weighted by molar-refractivity contribution is -0.114. The zero-order valence-corrected chi connectivity index (χ0v) is 18.9. The van der Waals surface area contributed by atoms with Crippen molar-refractivity contribution in [2.75, 3.05) is 23.7 Å². The van der Waals surface area contributed by atoms with E-state index in [4.69, 9.17) is 11.6 Å². The molecule has 7 nitrogen and oxygen atoms in total. The Bertz CT molecular complexity index is 956. The second-order valence-electron chi connectivity index (χ2n) is 7.84. The van der Waals surface area contributed by atoms with Gasteiger partial charge in [-0.2, -0.15) is 0 Å². The minimum absolute atomic E-state index is 0.0173. The van der Waals surface area contributed by atoms with Crippen molar-refractivity contribution in [3.8, 4) is 0 Å². The van der Waals surface area contributed by atoms with Crippen LogP contribution >= 0.6 is 11.6 Å². The largest absolute Gasteiger partial charge is 0.376 e. The van der Waals surface area contributed by atoms with Gasteiger partial charge in [-0.25, -0.2) is 0 Å². The SMILES string of the molecule is CCNC(=O)c1ccc(NC(=O)CNc2ccc(Cl)c(C(=O)NC3CCCCC3)c2)cc1. The van der Waals surface area contributed by atoms with E-state index in [1.807, 2.05) is 6.92 Å². The molecule has 0 saturated heterocycles. The van der Waals surface area contributed by atoms with Crippen molar-refractivity contribution < 1.29 is 14.4 Å². The molecule has 2 aromatic rings. The fourth-order valence-electron chi connectivity index (χ4n) is 3.67. The summed E-state index contributed by atoms with van der Waals surface area (Å²) in [6.07, 6.45) is 5.46. The summed E-state index contributed by atoms with van der Waals surface area (Å²) >= 11 is 6.24. The summed E-state index contributed by atoms with van der Waals surface area (Å²) in [6.45, 7) is 2.42. The molecular weight excluding hydrogens is 428 g/mol. The van der Waals surface area contributed by atoms with E-state index >= 15 is 0 Å². The minimum Gasteiger partial charge on any atom is -0.376 e. The fourth-order valence-corrected chi connectivity index (χ4v) is 3.88. The van der Waals surface area contributed by atoms with Gasteiger partial charge in [0, 0.05) is 29.5 Å². The molecule has 1 aliphatic rings. The monoisotopic (exact) mass is 456 g/mol. The van der Waals surface area contributed by atoms with Crippen LogP contribution in [0.3, 0.4) is 0 Å². The maximum Gasteiger partial charge on any atom is 0.253 e. The Kier molecular flexibility index (Phi) is 8.50. The summed E-state index contributed by atoms with van der Waals surface area (Å²) in [5.74, 6) is -0.598. The quantitative estimate of drug-likeness (QED) is 0.478. The number of benzene rings is 2. The molecule has 1 aliphatic carbocycles. The molecule has 3 amide bonds. The molecule has 3 rings (SSSR count). The van der Waals surface area contributed by atoms with Gasteiger partial charge in [0.05, 0.1) is 17.1 Å². The van der Waals surface area contributed by atoms with Gasteiger partial charge in [-0.15, -0.1) is 0 Å². The van der Waals surface area contributed by atoms with Gasteiger partial charge in [0.1, 0.15) is 0 Å². The highest BCUT2D eigenvalue weighted by Gasteiger charge is 2.18. The lowest BCUT2D eigenvalue weighted by atomic mass is 9.95. The zero-order valence-electron chi connectivity index (χ0n) is 18.2. The van der Waals surface area contributed by atoms with Crippen molar-refractivity contribution in [2.24, 2.45) is 0 Å². The van der Waals surface area contributed by atoms with Crippen LogP contribution in [0.15, 0.2) is 42.5 Å². The van der Waals surface area contributed by atoms with Crippen LogP contribution in [-0.2, 0) is 4.79 Å². The number of amides is 3. The van der Waals surface area contributed by atoms with Gasteiger partial charge < -0.3 is 21.3 Å². The number of nitrogens with one attached hydrogen (secondary N) is 4. The second kappa shape index (κ2) is 11.5. The van der Waals surface area contributed by atoms with Gasteiger partial charge in [0.25, 0.3) is 11.8 Å². The molecule has 170 valence electrons. The molecular formula is C24H29ClN4O3. The predicted octanol–water partition coefficient (Wildman–Crippen LogP) is 4.20. The van der Waals surface area contributed by atoms with Crippen molar-refractivity contribution in [3.63, 3.8) is 0 Å². The molecule has 2 aromatic carbocycles. The standard InChI is InChI=1S/C24H29ClN4O3/c1-2-26-23(31)16-8-10-18(11-9-16)28-22(30)15-27-19-12-13-21(25)20(14-19)24(32)29-17-6-4-3-5-7-17/h8-14,17,27H,2-7,15H2,1H3,(H,26,31)(H,28,30)(H,29,32). The molecule has 0 spiro atoms. The van der Waals surface area contributed by atoms with Crippen LogP contribution in [0.1, 0.15) is 59.7 Å². The Hall–Kier alpha value is -3.06. The number of anilines is 2. The van der Waals surface area contributed by atoms with Gasteiger partial charge >= 0.3 is 0 Å². The van der Waals surface area contributed by atoms with Crippen LogP contribution < -0.4 is 21.3 Å². The highest BCUT2D eigenvalue weighted by molar-refractivity contribution is 6.34. The maximum atomic E-state index is 12.7. The fraction of sp³-hybridized carbons (Fsp3) is 0.375. The second-order valence-corrected chi connectivity index (χ2v) is 8.25. The maximum absolute atomic E-state index is 12.7. The van der Waals surface area contributed by atoms with E-state index in [0.29, 0.717) is 34.1 Å². The first-order valence-electron chi connectivity index (χ1n) is 11.0. The van der Waals surface area contributed by atoms with E-state index in [2.05, 4.69) is 21.3 Å². The lowest BCUT2D eigenvalue weighted by Crippen LogP contribution is -2.36. The van der Waals surface area contributed by atoms with Gasteiger partial charge in [-0.1, -0.05) is 30.9 Å². The molecule has 8 heteroatoms. The Morgan fingerprint density at radius 2 is 1.62 bits per heavy atom. The Balaban J connectivity index is 1.53. The van der Waals surface area contributed by atoms with Crippen LogP contribution in [0.25, 0.3) is 0 Å². The number of rotatable bonds is 8. The molecule has 0 aromatic heterocycles. The van der Waals surface area contributed by atoms with Crippen LogP contribution in [0.5, 0.6) is 0 Å². The molecule has 0 atom stereocenters. The van der Waals surface area contributed by atoms with E-state index < -0.39 is 0 Å². The molecule has 0 bridgehead atoms. The molecule has 0 aliphatic heterocycles. The minimum atomic E-state index is -0.251. The number of halogens is 1. The molecule has 1 fully saturated rings. The summed E-state index contributed by atoms with van der Waals surface area (Å²) in [4.78, 5) is 36.8. The Morgan fingerprint density at radius 3 is 2.31 bits per heavy atom. The summed E-state index contributed by atoms with van der Waals surface area (Å²) in [5, 5.41) is 12.0. The van der Waals surface area contributed by atoms with Gasteiger partial charge in [0.15, 0.2) is 0 Å². The first-order valence-corrected chi connectivity index (χ1v) is 11.4. The molecule has 4 N–H and O–H groups in total. The van der Waals surface area contributed by atoms with E-state index in [0.717, 1.165) is 25.7 Å². The summed E-state index contributed by atoms with van der Waals surface area (Å²) in [5.41, 5.74) is 2.14. The molecule has 0 unspecified atom stereocenters. The van der Waals surface area contributed by atoms with Crippen molar-refractivity contribution >= 4 is 40.7 Å². The van der Waals surface area contributed by atoms with Crippen LogP contribution in [0.4, 0.5) is 11.4 Å². The average Bonchev–Trinajstić information content (AvgIpc) is 2.80. The lowest BCUT2D eigenvalue weighted by Gasteiger charge is -2.23. The average molecular weight is 457 g/mol. The van der Waals surface area contributed by atoms with E-state index in [1.54, 1.807) is 42.5 Å². The normalized spacial score (nSPS) is 13.8. The van der Waals surface area contributed by atoms with E-state index in [-0.39, 0.29) is 30.3 Å². The predicted molar refractivity (Wildman–Crippen MR) is 127 cm³/mol. The van der Waals surface area contributed by atoms with Gasteiger partial charge in [-0.05, 0) is 62.2 Å². The summed E-state index contributed by atoms with van der Waals surface area (Å²) < 4.78 is 0. The summed E-state index contributed by atoms with van der Waals surface area (Å²) in [6, 6.07) is 11.9. The van der Waals surface area contributed by atoms with E-state index in [9.17, 15) is 14.4 Å². The molecule has 0 heterocycles. The van der Waals surface area contributed by atoms with E-state index in [1.165, 1.54) is 6.42 Å². The van der Waals surface area contributed by atoms with Gasteiger partial charge in [-0.3, -0.25) is 14.4 Å². The highest BCUT2D eigenvalue weighted by atomic mass is 35.5. The van der Waals surface area contributed by atoms with Crippen molar-refractivity contribution in [3.05, 3.63) is 58.6 Å². The Morgan fingerprint density at radius 1 is 0.938 bits per heavy atom. The number of hydrogen-bond acceptors (Lipinski definition) is 4. The first kappa shape index (κ1) is 23.6. The number of carbonyl (C=O) groups is 3. The zero-order chi connectivity index (χ0) is 22.9. The molecule has 1 saturated carbocycles. The highest BCUT2D eigenvalue weighted by Crippen LogP contribution is 2.23. The molecule has 32 heavy (non-hydrogen) atoms. The Labute approximate surface area is 193 Å². The van der Waals surface area contributed by atoms with Crippen molar-refractivity contribution in [1.29, 1.82) is 0 Å². The van der Waals surface area contributed by atoms with Crippen LogP contribution in [-0.4, -0.2) is 36.9 Å². The summed E-state index contributed by atoms with van der Waals surface area (Å²) in [7, 11) is 0.